The Hall–Kier alpha value is -3.67. The minimum Gasteiger partial charge on any atom is -0.344 e. The van der Waals surface area contributed by atoms with Crippen LogP contribution in [0.1, 0.15) is 27.3 Å². The molecule has 0 radical (unpaired) electrons. The highest BCUT2D eigenvalue weighted by Crippen LogP contribution is 2.20. The molecule has 0 bridgehead atoms. The van der Waals surface area contributed by atoms with E-state index >= 15 is 0 Å². The average molecular weight is 387 g/mol. The number of rotatable bonds is 6. The monoisotopic (exact) mass is 387 g/mol. The highest BCUT2D eigenvalue weighted by atomic mass is 16.5. The second kappa shape index (κ2) is 7.75. The van der Waals surface area contributed by atoms with Crippen LogP contribution in [-0.4, -0.2) is 20.1 Å². The van der Waals surface area contributed by atoms with Gasteiger partial charge in [0.2, 0.25) is 0 Å². The van der Waals surface area contributed by atoms with Crippen molar-refractivity contribution in [2.24, 2.45) is 0 Å². The number of carbonyl (C=O) groups is 1. The summed E-state index contributed by atoms with van der Waals surface area (Å²) >= 11 is 0. The summed E-state index contributed by atoms with van der Waals surface area (Å²) in [6.07, 6.45) is 0. The predicted molar refractivity (Wildman–Crippen MR) is 110 cm³/mol. The standard InChI is InChI=1S/C23H21N3O3/c1-16-13-20(17(2)25(16)14-18-9-5-3-6-10-18)21(27)15-26-22(24-29-23(26)28)19-11-7-4-8-12-19/h3-13H,14-15H2,1-2H3. The predicted octanol–water partition coefficient (Wildman–Crippen LogP) is 3.85. The molecule has 29 heavy (non-hydrogen) atoms. The van der Waals surface area contributed by atoms with Gasteiger partial charge in [0.05, 0.1) is 6.54 Å². The number of benzene rings is 2. The van der Waals surface area contributed by atoms with Crippen LogP contribution < -0.4 is 5.76 Å². The van der Waals surface area contributed by atoms with Crippen LogP contribution in [0, 0.1) is 13.8 Å². The summed E-state index contributed by atoms with van der Waals surface area (Å²) in [5.74, 6) is -0.447. The molecule has 0 saturated heterocycles. The smallest absolute Gasteiger partial charge is 0.344 e. The molecule has 0 unspecified atom stereocenters. The molecule has 6 heteroatoms. The van der Waals surface area contributed by atoms with Crippen molar-refractivity contribution in [3.63, 3.8) is 0 Å². The van der Waals surface area contributed by atoms with Gasteiger partial charge in [-0.2, -0.15) is 0 Å². The fourth-order valence-electron chi connectivity index (χ4n) is 3.52. The Balaban J connectivity index is 1.63. The molecular weight excluding hydrogens is 366 g/mol. The highest BCUT2D eigenvalue weighted by molar-refractivity contribution is 5.97. The van der Waals surface area contributed by atoms with Gasteiger partial charge in [-0.15, -0.1) is 0 Å². The van der Waals surface area contributed by atoms with Gasteiger partial charge in [0.1, 0.15) is 0 Å². The van der Waals surface area contributed by atoms with E-state index in [9.17, 15) is 9.59 Å². The molecule has 4 rings (SSSR count). The zero-order valence-corrected chi connectivity index (χ0v) is 16.3. The van der Waals surface area contributed by atoms with Crippen molar-refractivity contribution >= 4 is 5.78 Å². The third-order valence-electron chi connectivity index (χ3n) is 5.08. The number of hydrogen-bond donors (Lipinski definition) is 0. The lowest BCUT2D eigenvalue weighted by molar-refractivity contribution is 0.0969. The summed E-state index contributed by atoms with van der Waals surface area (Å²) in [4.78, 5) is 25.2. The van der Waals surface area contributed by atoms with Crippen LogP contribution in [-0.2, 0) is 13.1 Å². The first-order chi connectivity index (χ1) is 14.0. The number of Topliss-reactive ketones (excluding diaryl/α,β-unsaturated/α-hetero) is 1. The maximum atomic E-state index is 13.0. The Kier molecular flexibility index (Phi) is 4.99. The Bertz CT molecular complexity index is 1200. The number of ketones is 1. The van der Waals surface area contributed by atoms with E-state index in [0.717, 1.165) is 22.5 Å². The van der Waals surface area contributed by atoms with E-state index in [1.54, 1.807) is 0 Å². The van der Waals surface area contributed by atoms with Crippen LogP contribution in [0.3, 0.4) is 0 Å². The van der Waals surface area contributed by atoms with Gasteiger partial charge < -0.3 is 4.57 Å². The molecule has 0 saturated carbocycles. The van der Waals surface area contributed by atoms with Gasteiger partial charge in [-0.05, 0) is 25.5 Å². The molecule has 0 aliphatic carbocycles. The molecule has 0 fully saturated rings. The first kappa shape index (κ1) is 18.7. The van der Waals surface area contributed by atoms with Crippen LogP contribution in [0.15, 0.2) is 76.0 Å². The molecule has 2 aromatic heterocycles. The summed E-state index contributed by atoms with van der Waals surface area (Å²) in [5, 5.41) is 3.85. The third kappa shape index (κ3) is 3.69. The normalized spacial score (nSPS) is 11.0. The summed E-state index contributed by atoms with van der Waals surface area (Å²) in [7, 11) is 0. The van der Waals surface area contributed by atoms with Crippen molar-refractivity contribution in [1.29, 1.82) is 0 Å². The lowest BCUT2D eigenvalue weighted by Gasteiger charge is -2.10. The van der Waals surface area contributed by atoms with Gasteiger partial charge >= 0.3 is 5.76 Å². The molecule has 4 aromatic rings. The number of nitrogens with zero attached hydrogens (tertiary/aromatic N) is 3. The van der Waals surface area contributed by atoms with E-state index in [1.165, 1.54) is 4.57 Å². The van der Waals surface area contributed by atoms with Crippen LogP contribution >= 0.6 is 0 Å². The Morgan fingerprint density at radius 3 is 2.31 bits per heavy atom. The maximum Gasteiger partial charge on any atom is 0.442 e. The quantitative estimate of drug-likeness (QED) is 0.471. The topological polar surface area (TPSA) is 70.0 Å². The molecule has 0 spiro atoms. The zero-order valence-electron chi connectivity index (χ0n) is 16.3. The van der Waals surface area contributed by atoms with Crippen LogP contribution in [0.5, 0.6) is 0 Å². The first-order valence-electron chi connectivity index (χ1n) is 9.40. The molecule has 6 nitrogen and oxygen atoms in total. The van der Waals surface area contributed by atoms with Gasteiger partial charge in [0.15, 0.2) is 11.6 Å². The molecule has 2 aromatic carbocycles. The molecular formula is C23H21N3O3. The number of aromatic nitrogens is 3. The van der Waals surface area contributed by atoms with Gasteiger partial charge in [-0.25, -0.2) is 9.36 Å². The molecule has 0 atom stereocenters. The van der Waals surface area contributed by atoms with Gasteiger partial charge in [-0.3, -0.25) is 9.32 Å². The maximum absolute atomic E-state index is 13.0. The Labute approximate surface area is 168 Å². The Morgan fingerprint density at radius 1 is 0.966 bits per heavy atom. The van der Waals surface area contributed by atoms with E-state index in [1.807, 2.05) is 68.4 Å². The van der Waals surface area contributed by atoms with E-state index in [-0.39, 0.29) is 12.3 Å². The zero-order chi connectivity index (χ0) is 20.4. The second-order valence-corrected chi connectivity index (χ2v) is 7.00. The fraction of sp³-hybridized carbons (Fsp3) is 0.174. The van der Waals surface area contributed by atoms with Gasteiger partial charge in [-0.1, -0.05) is 65.8 Å². The Morgan fingerprint density at radius 2 is 1.62 bits per heavy atom. The van der Waals surface area contributed by atoms with Crippen molar-refractivity contribution in [2.75, 3.05) is 0 Å². The summed E-state index contributed by atoms with van der Waals surface area (Å²) in [5.41, 5.74) is 4.36. The van der Waals surface area contributed by atoms with Gasteiger partial charge in [0.25, 0.3) is 0 Å². The van der Waals surface area contributed by atoms with Crippen molar-refractivity contribution in [3.8, 4) is 11.4 Å². The summed E-state index contributed by atoms with van der Waals surface area (Å²) in [6, 6.07) is 21.2. The number of aryl methyl sites for hydroxylation is 1. The largest absolute Gasteiger partial charge is 0.442 e. The van der Waals surface area contributed by atoms with E-state index in [4.69, 9.17) is 4.52 Å². The highest BCUT2D eigenvalue weighted by Gasteiger charge is 2.20. The molecule has 0 N–H and O–H groups in total. The number of hydrogen-bond acceptors (Lipinski definition) is 4. The van der Waals surface area contributed by atoms with E-state index in [2.05, 4.69) is 21.9 Å². The molecule has 0 aliphatic heterocycles. The third-order valence-corrected chi connectivity index (χ3v) is 5.08. The summed E-state index contributed by atoms with van der Waals surface area (Å²) in [6.45, 7) is 4.47. The van der Waals surface area contributed by atoms with Crippen molar-refractivity contribution in [2.45, 2.75) is 26.9 Å². The van der Waals surface area contributed by atoms with E-state index in [0.29, 0.717) is 17.9 Å². The number of carbonyl (C=O) groups excluding carboxylic acids is 1. The van der Waals surface area contributed by atoms with Crippen LogP contribution in [0.25, 0.3) is 11.4 Å². The van der Waals surface area contributed by atoms with Crippen molar-refractivity contribution < 1.29 is 9.32 Å². The molecule has 2 heterocycles. The fourth-order valence-corrected chi connectivity index (χ4v) is 3.52. The minimum absolute atomic E-state index is 0.123. The lowest BCUT2D eigenvalue weighted by Crippen LogP contribution is -2.21. The van der Waals surface area contributed by atoms with E-state index < -0.39 is 5.76 Å². The van der Waals surface area contributed by atoms with Crippen molar-refractivity contribution in [1.82, 2.24) is 14.3 Å². The minimum atomic E-state index is -0.643. The molecule has 0 amide bonds. The molecule has 146 valence electrons. The average Bonchev–Trinajstić information content (AvgIpc) is 3.24. The lowest BCUT2D eigenvalue weighted by atomic mass is 10.1. The molecule has 0 aliphatic rings. The SMILES string of the molecule is Cc1cc(C(=O)Cn2c(-c3ccccc3)noc2=O)c(C)n1Cc1ccccc1. The van der Waals surface area contributed by atoms with Crippen LogP contribution in [0.4, 0.5) is 0 Å². The first-order valence-corrected chi connectivity index (χ1v) is 9.40. The second-order valence-electron chi connectivity index (χ2n) is 7.00. The summed E-state index contributed by atoms with van der Waals surface area (Å²) < 4.78 is 8.21. The van der Waals surface area contributed by atoms with Crippen molar-refractivity contribution in [3.05, 3.63) is 99.8 Å². The van der Waals surface area contributed by atoms with Crippen LogP contribution in [0.2, 0.25) is 0 Å². The van der Waals surface area contributed by atoms with Gasteiger partial charge in [0, 0.05) is 29.1 Å².